The Hall–Kier alpha value is -2.66. The summed E-state index contributed by atoms with van der Waals surface area (Å²) in [6.45, 7) is 2.15. The molecule has 0 spiro atoms. The van der Waals surface area contributed by atoms with Gasteiger partial charge in [-0.15, -0.1) is 0 Å². The van der Waals surface area contributed by atoms with E-state index in [1.165, 1.54) is 0 Å². The zero-order valence-corrected chi connectivity index (χ0v) is 15.1. The van der Waals surface area contributed by atoms with Gasteiger partial charge < -0.3 is 10.2 Å². The second-order valence-corrected chi connectivity index (χ2v) is 6.77. The van der Waals surface area contributed by atoms with Gasteiger partial charge in [0.05, 0.1) is 17.5 Å². The summed E-state index contributed by atoms with van der Waals surface area (Å²) in [5, 5.41) is 2.98. The van der Waals surface area contributed by atoms with Gasteiger partial charge in [0, 0.05) is 24.2 Å². The topological polar surface area (TPSA) is 66.5 Å². The average Bonchev–Trinajstić information content (AvgIpc) is 3.02. The Bertz CT molecular complexity index is 848. The summed E-state index contributed by atoms with van der Waals surface area (Å²) in [5.41, 5.74) is 2.26. The molecule has 1 saturated heterocycles. The van der Waals surface area contributed by atoms with E-state index in [0.29, 0.717) is 17.1 Å². The largest absolute Gasteiger partial charge is 0.348 e. The Morgan fingerprint density at radius 1 is 1.15 bits per heavy atom. The van der Waals surface area contributed by atoms with Crippen molar-refractivity contribution in [1.29, 1.82) is 0 Å². The van der Waals surface area contributed by atoms with Gasteiger partial charge in [-0.05, 0) is 31.2 Å². The monoisotopic (exact) mass is 370 g/mol. The molecular formula is C20H19ClN2O3. The second-order valence-electron chi connectivity index (χ2n) is 6.36. The molecule has 1 heterocycles. The maximum Gasteiger partial charge on any atom is 0.227 e. The quantitative estimate of drug-likeness (QED) is 0.823. The van der Waals surface area contributed by atoms with E-state index in [9.17, 15) is 14.4 Å². The SMILES string of the molecule is Cc1ccc(N2C[C@@H](C(=O)NCC(=O)c3ccccc3Cl)CC2=O)cc1. The number of aryl methyl sites for hydroxylation is 1. The van der Waals surface area contributed by atoms with Gasteiger partial charge >= 0.3 is 0 Å². The van der Waals surface area contributed by atoms with Crippen LogP contribution in [0.1, 0.15) is 22.3 Å². The highest BCUT2D eigenvalue weighted by Crippen LogP contribution is 2.25. The molecule has 0 aliphatic carbocycles. The summed E-state index contributed by atoms with van der Waals surface area (Å²) >= 11 is 5.99. The van der Waals surface area contributed by atoms with Crippen LogP contribution in [-0.2, 0) is 9.59 Å². The number of Topliss-reactive ketones (excluding diaryl/α,β-unsaturated/α-hetero) is 1. The zero-order chi connectivity index (χ0) is 18.7. The van der Waals surface area contributed by atoms with Crippen LogP contribution in [0.25, 0.3) is 0 Å². The molecule has 1 atom stereocenters. The molecule has 0 radical (unpaired) electrons. The van der Waals surface area contributed by atoms with E-state index < -0.39 is 5.92 Å². The van der Waals surface area contributed by atoms with Crippen LogP contribution < -0.4 is 10.2 Å². The molecule has 5 nitrogen and oxygen atoms in total. The van der Waals surface area contributed by atoms with Crippen molar-refractivity contribution in [2.24, 2.45) is 5.92 Å². The molecule has 6 heteroatoms. The number of nitrogens with one attached hydrogen (secondary N) is 1. The van der Waals surface area contributed by atoms with Gasteiger partial charge in [0.25, 0.3) is 0 Å². The van der Waals surface area contributed by atoms with E-state index in [1.54, 1.807) is 29.2 Å². The van der Waals surface area contributed by atoms with E-state index in [0.717, 1.165) is 11.3 Å². The van der Waals surface area contributed by atoms with Crippen LogP contribution in [0.5, 0.6) is 0 Å². The Kier molecular flexibility index (Phi) is 5.38. The normalized spacial score (nSPS) is 16.6. The highest BCUT2D eigenvalue weighted by molar-refractivity contribution is 6.34. The molecule has 1 fully saturated rings. The first-order valence-electron chi connectivity index (χ1n) is 8.38. The van der Waals surface area contributed by atoms with Gasteiger partial charge in [-0.2, -0.15) is 0 Å². The van der Waals surface area contributed by atoms with E-state index in [1.807, 2.05) is 31.2 Å². The summed E-state index contributed by atoms with van der Waals surface area (Å²) in [4.78, 5) is 38.4. The molecule has 134 valence electrons. The summed E-state index contributed by atoms with van der Waals surface area (Å²) in [6, 6.07) is 14.3. The average molecular weight is 371 g/mol. The maximum atomic E-state index is 12.4. The molecule has 1 aliphatic heterocycles. The van der Waals surface area contributed by atoms with Crippen molar-refractivity contribution in [3.8, 4) is 0 Å². The lowest BCUT2D eigenvalue weighted by atomic mass is 10.1. The fraction of sp³-hybridized carbons (Fsp3) is 0.250. The van der Waals surface area contributed by atoms with E-state index in [2.05, 4.69) is 5.32 Å². The van der Waals surface area contributed by atoms with Gasteiger partial charge in [0.1, 0.15) is 0 Å². The zero-order valence-electron chi connectivity index (χ0n) is 14.4. The van der Waals surface area contributed by atoms with Crippen molar-refractivity contribution < 1.29 is 14.4 Å². The molecule has 2 aromatic carbocycles. The van der Waals surface area contributed by atoms with Crippen LogP contribution in [0.4, 0.5) is 5.69 Å². The highest BCUT2D eigenvalue weighted by atomic mass is 35.5. The fourth-order valence-corrected chi connectivity index (χ4v) is 3.19. The van der Waals surface area contributed by atoms with Crippen LogP contribution in [0.15, 0.2) is 48.5 Å². The van der Waals surface area contributed by atoms with Gasteiger partial charge in [0.2, 0.25) is 11.8 Å². The minimum absolute atomic E-state index is 0.0913. The molecule has 0 aromatic heterocycles. The van der Waals surface area contributed by atoms with E-state index in [4.69, 9.17) is 11.6 Å². The Morgan fingerprint density at radius 2 is 1.85 bits per heavy atom. The summed E-state index contributed by atoms with van der Waals surface area (Å²) in [5.74, 6) is -1.12. The number of nitrogens with zero attached hydrogens (tertiary/aromatic N) is 1. The number of halogens is 1. The Balaban J connectivity index is 1.59. The van der Waals surface area contributed by atoms with E-state index in [-0.39, 0.29) is 30.6 Å². The number of carbonyl (C=O) groups excluding carboxylic acids is 3. The minimum atomic E-state index is -0.470. The maximum absolute atomic E-state index is 12.4. The molecule has 2 amide bonds. The Labute approximate surface area is 156 Å². The molecule has 0 bridgehead atoms. The van der Waals surface area contributed by atoms with Gasteiger partial charge in [-0.3, -0.25) is 14.4 Å². The standard InChI is InChI=1S/C20H19ClN2O3/c1-13-6-8-15(9-7-13)23-12-14(10-19(23)25)20(26)22-11-18(24)16-4-2-3-5-17(16)21/h2-9,14H,10-12H2,1H3,(H,22,26)/t14-/m0/s1. The summed E-state index contributed by atoms with van der Waals surface area (Å²) in [7, 11) is 0. The number of hydrogen-bond acceptors (Lipinski definition) is 3. The first kappa shape index (κ1) is 18.1. The smallest absolute Gasteiger partial charge is 0.227 e. The number of hydrogen-bond donors (Lipinski definition) is 1. The van der Waals surface area contributed by atoms with Crippen molar-refractivity contribution in [2.45, 2.75) is 13.3 Å². The predicted octanol–water partition coefficient (Wildman–Crippen LogP) is 3.00. The molecule has 0 saturated carbocycles. The molecule has 1 N–H and O–H groups in total. The lowest BCUT2D eigenvalue weighted by Gasteiger charge is -2.17. The van der Waals surface area contributed by atoms with Crippen LogP contribution >= 0.6 is 11.6 Å². The van der Waals surface area contributed by atoms with Gasteiger partial charge in [0.15, 0.2) is 5.78 Å². The molecule has 1 aliphatic rings. The highest BCUT2D eigenvalue weighted by Gasteiger charge is 2.35. The van der Waals surface area contributed by atoms with Crippen molar-refractivity contribution in [2.75, 3.05) is 18.0 Å². The number of carbonyl (C=O) groups is 3. The lowest BCUT2D eigenvalue weighted by molar-refractivity contribution is -0.126. The first-order valence-corrected chi connectivity index (χ1v) is 8.76. The third-order valence-corrected chi connectivity index (χ3v) is 4.77. The van der Waals surface area contributed by atoms with Crippen molar-refractivity contribution in [1.82, 2.24) is 5.32 Å². The fourth-order valence-electron chi connectivity index (χ4n) is 2.95. The van der Waals surface area contributed by atoms with E-state index >= 15 is 0 Å². The summed E-state index contributed by atoms with van der Waals surface area (Å²) in [6.07, 6.45) is 0.139. The van der Waals surface area contributed by atoms with Crippen molar-refractivity contribution in [3.05, 3.63) is 64.7 Å². The minimum Gasteiger partial charge on any atom is -0.348 e. The lowest BCUT2D eigenvalue weighted by Crippen LogP contribution is -2.36. The molecule has 2 aromatic rings. The van der Waals surface area contributed by atoms with Crippen LogP contribution in [-0.4, -0.2) is 30.7 Å². The number of rotatable bonds is 5. The third kappa shape index (κ3) is 3.94. The summed E-state index contributed by atoms with van der Waals surface area (Å²) < 4.78 is 0. The second kappa shape index (κ2) is 7.70. The number of anilines is 1. The van der Waals surface area contributed by atoms with Gasteiger partial charge in [-0.25, -0.2) is 0 Å². The van der Waals surface area contributed by atoms with Gasteiger partial charge in [-0.1, -0.05) is 41.4 Å². The number of benzene rings is 2. The Morgan fingerprint density at radius 3 is 2.54 bits per heavy atom. The molecular weight excluding hydrogens is 352 g/mol. The molecule has 3 rings (SSSR count). The first-order chi connectivity index (χ1) is 12.5. The molecule has 26 heavy (non-hydrogen) atoms. The van der Waals surface area contributed by atoms with Crippen molar-refractivity contribution >= 4 is 34.9 Å². The van der Waals surface area contributed by atoms with Crippen LogP contribution in [0, 0.1) is 12.8 Å². The predicted molar refractivity (Wildman–Crippen MR) is 100 cm³/mol. The van der Waals surface area contributed by atoms with Crippen LogP contribution in [0.3, 0.4) is 0 Å². The van der Waals surface area contributed by atoms with Crippen molar-refractivity contribution in [3.63, 3.8) is 0 Å². The van der Waals surface area contributed by atoms with Crippen LogP contribution in [0.2, 0.25) is 5.02 Å². The number of amides is 2. The third-order valence-electron chi connectivity index (χ3n) is 4.44. The molecule has 0 unspecified atom stereocenters. The number of ketones is 1.